The molecule has 2 heterocycles. The van der Waals surface area contributed by atoms with Gasteiger partial charge in [-0.15, -0.1) is 0 Å². The second-order valence-electron chi connectivity index (χ2n) is 5.09. The summed E-state index contributed by atoms with van der Waals surface area (Å²) in [7, 11) is 0. The van der Waals surface area contributed by atoms with Crippen LogP contribution in [0.2, 0.25) is 0 Å². The third kappa shape index (κ3) is 3.44. The Hall–Kier alpha value is -1.62. The topological polar surface area (TPSA) is 62.5 Å². The molecule has 0 radical (unpaired) electrons. The zero-order valence-electron chi connectivity index (χ0n) is 11.3. The highest BCUT2D eigenvalue weighted by atomic mass is 16.4. The van der Waals surface area contributed by atoms with Gasteiger partial charge in [0.1, 0.15) is 5.56 Å². The van der Waals surface area contributed by atoms with E-state index >= 15 is 0 Å². The van der Waals surface area contributed by atoms with E-state index in [0.717, 1.165) is 31.9 Å². The Bertz CT molecular complexity index is 516. The number of aryl methyl sites for hydroxylation is 1. The largest absolute Gasteiger partial charge is 0.477 e. The van der Waals surface area contributed by atoms with Gasteiger partial charge in [-0.25, -0.2) is 4.79 Å². The first-order valence-electron chi connectivity index (χ1n) is 6.74. The normalized spacial score (nSPS) is 16.5. The lowest BCUT2D eigenvalue weighted by Crippen LogP contribution is -2.33. The molecule has 0 spiro atoms. The van der Waals surface area contributed by atoms with Gasteiger partial charge in [-0.05, 0) is 32.9 Å². The van der Waals surface area contributed by atoms with Crippen LogP contribution in [0.25, 0.3) is 0 Å². The number of nitrogens with zero attached hydrogens (tertiary/aromatic N) is 2. The summed E-state index contributed by atoms with van der Waals surface area (Å²) in [5.41, 5.74) is 0.246. The van der Waals surface area contributed by atoms with Crippen molar-refractivity contribution in [3.8, 4) is 0 Å². The van der Waals surface area contributed by atoms with Crippen molar-refractivity contribution in [2.24, 2.45) is 0 Å². The van der Waals surface area contributed by atoms with E-state index in [1.165, 1.54) is 31.5 Å². The van der Waals surface area contributed by atoms with Gasteiger partial charge < -0.3 is 14.6 Å². The summed E-state index contributed by atoms with van der Waals surface area (Å²) in [5, 5.41) is 8.97. The molecule has 5 nitrogen and oxygen atoms in total. The fraction of sp³-hybridized carbons (Fsp3) is 0.571. The second-order valence-corrected chi connectivity index (χ2v) is 5.09. The molecule has 1 aliphatic rings. The number of hydrogen-bond acceptors (Lipinski definition) is 3. The summed E-state index contributed by atoms with van der Waals surface area (Å²) >= 11 is 0. The van der Waals surface area contributed by atoms with Crippen LogP contribution in [0.15, 0.2) is 17.1 Å². The Morgan fingerprint density at radius 2 is 1.95 bits per heavy atom. The van der Waals surface area contributed by atoms with Crippen LogP contribution in [0.1, 0.15) is 35.3 Å². The van der Waals surface area contributed by atoms with Crippen molar-refractivity contribution in [1.82, 2.24) is 9.47 Å². The Morgan fingerprint density at radius 3 is 2.58 bits per heavy atom. The molecule has 0 aromatic carbocycles. The van der Waals surface area contributed by atoms with Gasteiger partial charge in [-0.2, -0.15) is 0 Å². The first-order chi connectivity index (χ1) is 9.08. The lowest BCUT2D eigenvalue weighted by atomic mass is 10.1. The first kappa shape index (κ1) is 13.8. The summed E-state index contributed by atoms with van der Waals surface area (Å²) in [5.74, 6) is -1.16. The van der Waals surface area contributed by atoms with Crippen LogP contribution < -0.4 is 5.43 Å². The van der Waals surface area contributed by atoms with Crippen LogP contribution >= 0.6 is 0 Å². The van der Waals surface area contributed by atoms with Crippen molar-refractivity contribution in [1.29, 1.82) is 0 Å². The predicted molar refractivity (Wildman–Crippen MR) is 72.7 cm³/mol. The van der Waals surface area contributed by atoms with Crippen LogP contribution in [0, 0.1) is 6.92 Å². The molecule has 1 saturated heterocycles. The van der Waals surface area contributed by atoms with Crippen molar-refractivity contribution >= 4 is 5.97 Å². The van der Waals surface area contributed by atoms with Gasteiger partial charge in [-0.1, -0.05) is 6.42 Å². The SMILES string of the molecule is Cc1cc(=O)c(C(=O)O)cn1CCN1CCCCC1. The predicted octanol–water partition coefficient (Wildman–Crippen LogP) is 1.34. The lowest BCUT2D eigenvalue weighted by molar-refractivity contribution is 0.0694. The van der Waals surface area contributed by atoms with Gasteiger partial charge in [-0.3, -0.25) is 4.79 Å². The van der Waals surface area contributed by atoms with Crippen molar-refractivity contribution in [3.05, 3.63) is 33.7 Å². The minimum atomic E-state index is -1.16. The van der Waals surface area contributed by atoms with Crippen molar-refractivity contribution in [2.45, 2.75) is 32.7 Å². The van der Waals surface area contributed by atoms with E-state index < -0.39 is 11.4 Å². The number of aromatic nitrogens is 1. The molecule has 0 bridgehead atoms. The number of likely N-dealkylation sites (tertiary alicyclic amines) is 1. The van der Waals surface area contributed by atoms with Crippen molar-refractivity contribution < 1.29 is 9.90 Å². The van der Waals surface area contributed by atoms with Crippen LogP contribution in [-0.2, 0) is 6.54 Å². The molecule has 1 aliphatic heterocycles. The van der Waals surface area contributed by atoms with E-state index in [4.69, 9.17) is 5.11 Å². The fourth-order valence-electron chi connectivity index (χ4n) is 2.51. The van der Waals surface area contributed by atoms with E-state index in [1.54, 1.807) is 0 Å². The van der Waals surface area contributed by atoms with Crippen molar-refractivity contribution in [2.75, 3.05) is 19.6 Å². The van der Waals surface area contributed by atoms with E-state index in [1.807, 2.05) is 11.5 Å². The average Bonchev–Trinajstić information content (AvgIpc) is 2.38. The molecule has 2 rings (SSSR count). The second kappa shape index (κ2) is 6.02. The Kier molecular flexibility index (Phi) is 4.37. The molecule has 104 valence electrons. The highest BCUT2D eigenvalue weighted by molar-refractivity contribution is 5.87. The van der Waals surface area contributed by atoms with Gasteiger partial charge in [0.15, 0.2) is 5.43 Å². The van der Waals surface area contributed by atoms with Gasteiger partial charge in [0.2, 0.25) is 0 Å². The number of carboxylic acid groups (broad SMARTS) is 1. The van der Waals surface area contributed by atoms with E-state index in [2.05, 4.69) is 4.90 Å². The zero-order chi connectivity index (χ0) is 13.8. The molecule has 1 aromatic rings. The maximum atomic E-state index is 11.5. The number of aromatic carboxylic acids is 1. The first-order valence-corrected chi connectivity index (χ1v) is 6.74. The van der Waals surface area contributed by atoms with Gasteiger partial charge in [0.25, 0.3) is 0 Å². The van der Waals surface area contributed by atoms with Gasteiger partial charge >= 0.3 is 5.97 Å². The number of hydrogen-bond donors (Lipinski definition) is 1. The Morgan fingerprint density at radius 1 is 1.26 bits per heavy atom. The molecule has 0 aliphatic carbocycles. The molecule has 0 amide bonds. The van der Waals surface area contributed by atoms with E-state index in [9.17, 15) is 9.59 Å². The molecule has 0 atom stereocenters. The number of carboxylic acids is 1. The Labute approximate surface area is 112 Å². The molecule has 1 aromatic heterocycles. The monoisotopic (exact) mass is 264 g/mol. The lowest BCUT2D eigenvalue weighted by Gasteiger charge is -2.27. The molecule has 1 fully saturated rings. The summed E-state index contributed by atoms with van der Waals surface area (Å²) in [6.45, 7) is 5.70. The van der Waals surface area contributed by atoms with E-state index in [-0.39, 0.29) is 5.56 Å². The van der Waals surface area contributed by atoms with Gasteiger partial charge in [0.05, 0.1) is 0 Å². The smallest absolute Gasteiger partial charge is 0.341 e. The van der Waals surface area contributed by atoms with Crippen LogP contribution in [0.5, 0.6) is 0 Å². The number of piperidine rings is 1. The molecule has 5 heteroatoms. The maximum absolute atomic E-state index is 11.5. The van der Waals surface area contributed by atoms with Crippen LogP contribution in [0.4, 0.5) is 0 Å². The summed E-state index contributed by atoms with van der Waals surface area (Å²) in [4.78, 5) is 24.9. The van der Waals surface area contributed by atoms with Gasteiger partial charge in [0, 0.05) is 31.0 Å². The standard InChI is InChI=1S/C14H20N2O3/c1-11-9-13(17)12(14(18)19)10-16(11)8-7-15-5-3-2-4-6-15/h9-10H,2-8H2,1H3,(H,18,19). The zero-order valence-corrected chi connectivity index (χ0v) is 11.3. The van der Waals surface area contributed by atoms with Crippen LogP contribution in [-0.4, -0.2) is 40.2 Å². The summed E-state index contributed by atoms with van der Waals surface area (Å²) in [6.07, 6.45) is 5.24. The molecular weight excluding hydrogens is 244 g/mol. The minimum Gasteiger partial charge on any atom is -0.477 e. The third-order valence-corrected chi connectivity index (χ3v) is 3.68. The van der Waals surface area contributed by atoms with Crippen LogP contribution in [0.3, 0.4) is 0 Å². The third-order valence-electron chi connectivity index (χ3n) is 3.68. The molecule has 0 unspecified atom stereocenters. The molecular formula is C14H20N2O3. The molecule has 0 saturated carbocycles. The summed E-state index contributed by atoms with van der Waals surface area (Å²) in [6, 6.07) is 1.40. The van der Waals surface area contributed by atoms with Crippen molar-refractivity contribution in [3.63, 3.8) is 0 Å². The summed E-state index contributed by atoms with van der Waals surface area (Å²) < 4.78 is 1.86. The maximum Gasteiger partial charge on any atom is 0.341 e. The molecule has 1 N–H and O–H groups in total. The quantitative estimate of drug-likeness (QED) is 0.891. The fourth-order valence-corrected chi connectivity index (χ4v) is 2.51. The number of carbonyl (C=O) groups is 1. The highest BCUT2D eigenvalue weighted by Crippen LogP contribution is 2.09. The Balaban J connectivity index is 2.08. The van der Waals surface area contributed by atoms with E-state index in [0.29, 0.717) is 0 Å². The average molecular weight is 264 g/mol. The highest BCUT2D eigenvalue weighted by Gasteiger charge is 2.13. The molecule has 19 heavy (non-hydrogen) atoms. The minimum absolute atomic E-state index is 0.149. The number of rotatable bonds is 4. The number of pyridine rings is 1.